The molecule has 1 aliphatic heterocycles. The fourth-order valence-corrected chi connectivity index (χ4v) is 4.16. The highest BCUT2D eigenvalue weighted by Crippen LogP contribution is 2.25. The number of carbonyl (C=O) groups is 1. The van der Waals surface area contributed by atoms with Gasteiger partial charge < -0.3 is 4.90 Å². The number of likely N-dealkylation sites (N-methyl/N-ethyl adjacent to an activating group) is 1. The maximum atomic E-state index is 12.9. The minimum atomic E-state index is -3.49. The molecule has 1 unspecified atom stereocenters. The molecule has 0 aliphatic carbocycles. The first kappa shape index (κ1) is 19.5. The van der Waals surface area contributed by atoms with Crippen LogP contribution in [0.4, 0.5) is 0 Å². The van der Waals surface area contributed by atoms with Crippen molar-refractivity contribution in [2.75, 3.05) is 40.8 Å². The predicted octanol–water partition coefficient (Wildman–Crippen LogP) is 2.07. The van der Waals surface area contributed by atoms with E-state index >= 15 is 0 Å². The minimum absolute atomic E-state index is 0.0715. The largest absolute Gasteiger partial charge is 0.335 e. The first-order chi connectivity index (χ1) is 12.8. The molecule has 27 heavy (non-hydrogen) atoms. The Bertz CT molecular complexity index is 896. The van der Waals surface area contributed by atoms with Gasteiger partial charge in [0.05, 0.1) is 10.9 Å². The molecule has 1 amide bonds. The first-order valence-corrected chi connectivity index (χ1v) is 10.3. The molecule has 144 valence electrons. The van der Waals surface area contributed by atoms with Crippen LogP contribution in [0.1, 0.15) is 22.0 Å². The second kappa shape index (κ2) is 7.80. The van der Waals surface area contributed by atoms with Crippen molar-refractivity contribution in [2.45, 2.75) is 10.9 Å². The third-order valence-electron chi connectivity index (χ3n) is 5.00. The fourth-order valence-electron chi connectivity index (χ4n) is 3.26. The third-order valence-corrected chi connectivity index (χ3v) is 6.83. The van der Waals surface area contributed by atoms with Gasteiger partial charge >= 0.3 is 0 Å². The lowest BCUT2D eigenvalue weighted by Gasteiger charge is -2.39. The molecule has 3 rings (SSSR count). The van der Waals surface area contributed by atoms with Gasteiger partial charge in [-0.1, -0.05) is 30.3 Å². The summed E-state index contributed by atoms with van der Waals surface area (Å²) in [5, 5.41) is 0. The number of hydrogen-bond donors (Lipinski definition) is 0. The number of carbonyl (C=O) groups excluding carboxylic acids is 1. The average molecular weight is 388 g/mol. The molecule has 0 saturated carbocycles. The molecule has 1 heterocycles. The molecule has 0 radical (unpaired) electrons. The zero-order valence-electron chi connectivity index (χ0n) is 15.9. The molecule has 1 aliphatic rings. The van der Waals surface area contributed by atoms with Crippen molar-refractivity contribution in [2.24, 2.45) is 0 Å². The summed E-state index contributed by atoms with van der Waals surface area (Å²) < 4.78 is 25.5. The monoisotopic (exact) mass is 387 g/mol. The first-order valence-electron chi connectivity index (χ1n) is 8.88. The Balaban J connectivity index is 1.78. The van der Waals surface area contributed by atoms with E-state index in [0.29, 0.717) is 18.7 Å². The molecule has 0 aromatic heterocycles. The Morgan fingerprint density at radius 2 is 1.63 bits per heavy atom. The van der Waals surface area contributed by atoms with Crippen molar-refractivity contribution < 1.29 is 13.2 Å². The molecular formula is C20H25N3O3S. The number of benzene rings is 2. The van der Waals surface area contributed by atoms with Gasteiger partial charge in [-0.3, -0.25) is 9.69 Å². The Labute approximate surface area is 161 Å². The second-order valence-electron chi connectivity index (χ2n) is 6.97. The topological polar surface area (TPSA) is 60.9 Å². The van der Waals surface area contributed by atoms with E-state index in [9.17, 15) is 13.2 Å². The second-order valence-corrected chi connectivity index (χ2v) is 9.12. The van der Waals surface area contributed by atoms with Crippen molar-refractivity contribution in [1.29, 1.82) is 0 Å². The molecule has 0 spiro atoms. The van der Waals surface area contributed by atoms with Crippen LogP contribution in [0.5, 0.6) is 0 Å². The van der Waals surface area contributed by atoms with E-state index in [2.05, 4.69) is 24.1 Å². The van der Waals surface area contributed by atoms with Gasteiger partial charge in [0.1, 0.15) is 0 Å². The van der Waals surface area contributed by atoms with E-state index in [1.165, 1.54) is 31.8 Å². The maximum absolute atomic E-state index is 12.9. The van der Waals surface area contributed by atoms with Gasteiger partial charge in [0, 0.05) is 39.3 Å². The van der Waals surface area contributed by atoms with Crippen LogP contribution < -0.4 is 0 Å². The maximum Gasteiger partial charge on any atom is 0.253 e. The van der Waals surface area contributed by atoms with E-state index in [1.54, 1.807) is 12.1 Å². The van der Waals surface area contributed by atoms with Crippen LogP contribution in [-0.2, 0) is 10.0 Å². The lowest BCUT2D eigenvalue weighted by Crippen LogP contribution is -2.49. The normalized spacial score (nSPS) is 18.7. The molecule has 1 saturated heterocycles. The van der Waals surface area contributed by atoms with Crippen molar-refractivity contribution in [3.05, 3.63) is 65.7 Å². The van der Waals surface area contributed by atoms with E-state index in [1.807, 2.05) is 23.1 Å². The standard InChI is InChI=1S/C20H25N3O3S/c1-21(2)27(25,26)18-11-9-17(10-12-18)20(24)23-14-13-22(3)19(15-23)16-7-5-4-6-8-16/h4-12,19H,13-15H2,1-3H3. The van der Waals surface area contributed by atoms with Crippen LogP contribution in [0.3, 0.4) is 0 Å². The van der Waals surface area contributed by atoms with Crippen molar-refractivity contribution in [3.8, 4) is 0 Å². The Morgan fingerprint density at radius 3 is 2.22 bits per heavy atom. The summed E-state index contributed by atoms with van der Waals surface area (Å²) in [4.78, 5) is 17.2. The van der Waals surface area contributed by atoms with Crippen molar-refractivity contribution in [1.82, 2.24) is 14.1 Å². The number of amides is 1. The van der Waals surface area contributed by atoms with Gasteiger partial charge in [-0.15, -0.1) is 0 Å². The molecule has 0 N–H and O–H groups in total. The number of piperazine rings is 1. The number of sulfonamides is 1. The van der Waals surface area contributed by atoms with Crippen LogP contribution in [0.2, 0.25) is 0 Å². The Kier molecular flexibility index (Phi) is 5.64. The molecule has 7 heteroatoms. The van der Waals surface area contributed by atoms with Gasteiger partial charge in [-0.2, -0.15) is 0 Å². The average Bonchev–Trinajstić information content (AvgIpc) is 2.68. The SMILES string of the molecule is CN1CCN(C(=O)c2ccc(S(=O)(=O)N(C)C)cc2)CC1c1ccccc1. The summed E-state index contributed by atoms with van der Waals surface area (Å²) >= 11 is 0. The third kappa shape index (κ3) is 4.05. The van der Waals surface area contributed by atoms with E-state index in [0.717, 1.165) is 10.8 Å². The summed E-state index contributed by atoms with van der Waals surface area (Å²) in [5.74, 6) is -0.0715. The smallest absolute Gasteiger partial charge is 0.253 e. The zero-order chi connectivity index (χ0) is 19.6. The predicted molar refractivity (Wildman–Crippen MR) is 105 cm³/mol. The highest BCUT2D eigenvalue weighted by molar-refractivity contribution is 7.89. The van der Waals surface area contributed by atoms with Crippen LogP contribution >= 0.6 is 0 Å². The lowest BCUT2D eigenvalue weighted by molar-refractivity contribution is 0.0546. The highest BCUT2D eigenvalue weighted by atomic mass is 32.2. The lowest BCUT2D eigenvalue weighted by atomic mass is 10.0. The summed E-state index contributed by atoms with van der Waals surface area (Å²) in [6.45, 7) is 2.05. The van der Waals surface area contributed by atoms with E-state index in [-0.39, 0.29) is 16.8 Å². The number of rotatable bonds is 4. The van der Waals surface area contributed by atoms with Crippen LogP contribution in [-0.4, -0.2) is 69.2 Å². The number of hydrogen-bond acceptors (Lipinski definition) is 4. The Morgan fingerprint density at radius 1 is 1.00 bits per heavy atom. The summed E-state index contributed by atoms with van der Waals surface area (Å²) in [7, 11) is 1.55. The van der Waals surface area contributed by atoms with E-state index < -0.39 is 10.0 Å². The summed E-state index contributed by atoms with van der Waals surface area (Å²) in [6, 6.07) is 16.5. The van der Waals surface area contributed by atoms with Gasteiger partial charge in [-0.05, 0) is 36.9 Å². The molecule has 6 nitrogen and oxygen atoms in total. The molecule has 1 atom stereocenters. The fraction of sp³-hybridized carbons (Fsp3) is 0.350. The highest BCUT2D eigenvalue weighted by Gasteiger charge is 2.29. The molecule has 1 fully saturated rings. The van der Waals surface area contributed by atoms with Gasteiger partial charge in [-0.25, -0.2) is 12.7 Å². The van der Waals surface area contributed by atoms with Gasteiger partial charge in [0.15, 0.2) is 0 Å². The summed E-state index contributed by atoms with van der Waals surface area (Å²) in [5.41, 5.74) is 1.69. The zero-order valence-corrected chi connectivity index (χ0v) is 16.7. The minimum Gasteiger partial charge on any atom is -0.335 e. The van der Waals surface area contributed by atoms with Crippen LogP contribution in [0, 0.1) is 0 Å². The van der Waals surface area contributed by atoms with Gasteiger partial charge in [0.25, 0.3) is 5.91 Å². The van der Waals surface area contributed by atoms with E-state index in [4.69, 9.17) is 0 Å². The van der Waals surface area contributed by atoms with Crippen molar-refractivity contribution in [3.63, 3.8) is 0 Å². The van der Waals surface area contributed by atoms with Crippen molar-refractivity contribution >= 4 is 15.9 Å². The van der Waals surface area contributed by atoms with Crippen LogP contribution in [0.15, 0.2) is 59.5 Å². The molecule has 2 aromatic carbocycles. The summed E-state index contributed by atoms with van der Waals surface area (Å²) in [6.07, 6.45) is 0. The molecule has 2 aromatic rings. The Hall–Kier alpha value is -2.22. The van der Waals surface area contributed by atoms with Gasteiger partial charge in [0.2, 0.25) is 10.0 Å². The quantitative estimate of drug-likeness (QED) is 0.806. The molecule has 0 bridgehead atoms. The molecular weight excluding hydrogens is 362 g/mol. The number of nitrogens with zero attached hydrogens (tertiary/aromatic N) is 3. The van der Waals surface area contributed by atoms with Crippen LogP contribution in [0.25, 0.3) is 0 Å².